The average molecular weight is 572 g/mol. The minimum atomic E-state index is 1.17. The Balaban J connectivity index is 1.42. The number of benzene rings is 7. The zero-order valence-corrected chi connectivity index (χ0v) is 24.3. The van der Waals surface area contributed by atoms with E-state index in [9.17, 15) is 0 Å². The van der Waals surface area contributed by atoms with E-state index in [0.29, 0.717) is 0 Å². The first kappa shape index (κ1) is 23.4. The third-order valence-electron chi connectivity index (χ3n) is 9.94. The van der Waals surface area contributed by atoms with E-state index < -0.39 is 0 Å². The zero-order chi connectivity index (χ0) is 29.2. The summed E-state index contributed by atoms with van der Waals surface area (Å²) < 4.78 is 7.46. The van der Waals surface area contributed by atoms with Gasteiger partial charge in [0, 0.05) is 38.4 Å². The molecule has 0 fully saturated rings. The second-order valence-electron chi connectivity index (χ2n) is 12.2. The Labute approximate surface area is 258 Å². The molecule has 10 aromatic rings. The van der Waals surface area contributed by atoms with Gasteiger partial charge in [-0.15, -0.1) is 0 Å². The Morgan fingerprint density at radius 1 is 0.378 bits per heavy atom. The van der Waals surface area contributed by atoms with Crippen molar-refractivity contribution in [3.63, 3.8) is 0 Å². The Bertz CT molecular complexity index is 2860. The molecule has 0 amide bonds. The fourth-order valence-electron chi connectivity index (χ4n) is 8.14. The molecule has 0 saturated heterocycles. The SMILES string of the molecule is c1ccc(-n2c3ccccc3c3cc4c(cc32)-c2c3ccccc3n3c5c6ccccc6ccc5n(c23)-c2ccccc2-4)cc1. The van der Waals surface area contributed by atoms with E-state index in [0.717, 1.165) is 0 Å². The first-order valence-corrected chi connectivity index (χ1v) is 15.5. The van der Waals surface area contributed by atoms with Crippen LogP contribution in [-0.4, -0.2) is 13.5 Å². The van der Waals surface area contributed by atoms with Gasteiger partial charge in [-0.1, -0.05) is 103 Å². The van der Waals surface area contributed by atoms with E-state index in [2.05, 4.69) is 165 Å². The molecule has 0 aliphatic carbocycles. The van der Waals surface area contributed by atoms with E-state index in [1.165, 1.54) is 93.8 Å². The van der Waals surface area contributed by atoms with Crippen molar-refractivity contribution in [3.05, 3.63) is 152 Å². The lowest BCUT2D eigenvalue weighted by atomic mass is 9.92. The third kappa shape index (κ3) is 2.86. The normalized spacial score (nSPS) is 12.4. The quantitative estimate of drug-likeness (QED) is 0.186. The van der Waals surface area contributed by atoms with Gasteiger partial charge in [-0.2, -0.15) is 0 Å². The molecule has 1 aliphatic rings. The molecule has 0 unspecified atom stereocenters. The van der Waals surface area contributed by atoms with E-state index in [-0.39, 0.29) is 0 Å². The van der Waals surface area contributed by atoms with Crippen LogP contribution in [0.2, 0.25) is 0 Å². The maximum atomic E-state index is 2.52. The summed E-state index contributed by atoms with van der Waals surface area (Å²) in [7, 11) is 0. The van der Waals surface area contributed by atoms with E-state index in [4.69, 9.17) is 0 Å². The lowest BCUT2D eigenvalue weighted by Crippen LogP contribution is -1.95. The number of para-hydroxylation sites is 4. The summed E-state index contributed by atoms with van der Waals surface area (Å²) in [4.78, 5) is 0. The van der Waals surface area contributed by atoms with Gasteiger partial charge in [0.05, 0.1) is 33.3 Å². The monoisotopic (exact) mass is 571 g/mol. The number of fused-ring (bicyclic) bond motifs is 16. The highest BCUT2D eigenvalue weighted by Crippen LogP contribution is 2.51. The van der Waals surface area contributed by atoms with E-state index in [1.54, 1.807) is 0 Å². The van der Waals surface area contributed by atoms with Crippen LogP contribution in [0.3, 0.4) is 0 Å². The van der Waals surface area contributed by atoms with Crippen molar-refractivity contribution in [2.45, 2.75) is 0 Å². The second-order valence-corrected chi connectivity index (χ2v) is 12.2. The van der Waals surface area contributed by atoms with Crippen molar-refractivity contribution < 1.29 is 0 Å². The van der Waals surface area contributed by atoms with Crippen LogP contribution in [0.25, 0.3) is 93.8 Å². The van der Waals surface area contributed by atoms with Gasteiger partial charge in [0.25, 0.3) is 0 Å². The van der Waals surface area contributed by atoms with Crippen LogP contribution in [0.1, 0.15) is 0 Å². The molecule has 3 nitrogen and oxygen atoms in total. The Morgan fingerprint density at radius 3 is 1.98 bits per heavy atom. The molecule has 4 heterocycles. The van der Waals surface area contributed by atoms with Crippen molar-refractivity contribution in [1.82, 2.24) is 13.5 Å². The lowest BCUT2D eigenvalue weighted by Gasteiger charge is -2.13. The predicted molar refractivity (Wildman–Crippen MR) is 188 cm³/mol. The molecule has 0 spiro atoms. The number of imidazole rings is 1. The number of hydrogen-bond acceptors (Lipinski definition) is 0. The molecule has 1 aliphatic heterocycles. The molecule has 3 heteroatoms. The third-order valence-corrected chi connectivity index (χ3v) is 9.94. The van der Waals surface area contributed by atoms with Crippen LogP contribution in [0, 0.1) is 0 Å². The topological polar surface area (TPSA) is 14.3 Å². The van der Waals surface area contributed by atoms with E-state index in [1.807, 2.05) is 0 Å². The molecule has 45 heavy (non-hydrogen) atoms. The summed E-state index contributed by atoms with van der Waals surface area (Å²) in [5.74, 6) is 0. The van der Waals surface area contributed by atoms with E-state index >= 15 is 0 Å². The number of nitrogens with zero attached hydrogens (tertiary/aromatic N) is 3. The predicted octanol–water partition coefficient (Wildman–Crippen LogP) is 10.9. The van der Waals surface area contributed by atoms with Gasteiger partial charge < -0.3 is 4.57 Å². The molecule has 0 saturated carbocycles. The van der Waals surface area contributed by atoms with Crippen molar-refractivity contribution in [2.75, 3.05) is 0 Å². The maximum Gasteiger partial charge on any atom is 0.131 e. The molecule has 0 atom stereocenters. The summed E-state index contributed by atoms with van der Waals surface area (Å²) in [6.07, 6.45) is 0. The largest absolute Gasteiger partial charge is 0.309 e. The summed E-state index contributed by atoms with van der Waals surface area (Å²) >= 11 is 0. The molecule has 208 valence electrons. The highest BCUT2D eigenvalue weighted by molar-refractivity contribution is 6.20. The fraction of sp³-hybridized carbons (Fsp3) is 0. The van der Waals surface area contributed by atoms with Gasteiger partial charge in [-0.25, -0.2) is 0 Å². The Hall–Kier alpha value is -6.06. The zero-order valence-electron chi connectivity index (χ0n) is 24.3. The van der Waals surface area contributed by atoms with Gasteiger partial charge in [0.1, 0.15) is 5.65 Å². The summed E-state index contributed by atoms with van der Waals surface area (Å²) in [5, 5.41) is 6.33. The molecule has 0 N–H and O–H groups in total. The highest BCUT2D eigenvalue weighted by Gasteiger charge is 2.30. The minimum Gasteiger partial charge on any atom is -0.309 e. The first-order chi connectivity index (χ1) is 22.4. The molecule has 11 rings (SSSR count). The van der Waals surface area contributed by atoms with Crippen molar-refractivity contribution >= 4 is 60.2 Å². The summed E-state index contributed by atoms with van der Waals surface area (Å²) in [6, 6.07) is 55.7. The van der Waals surface area contributed by atoms with Gasteiger partial charge >= 0.3 is 0 Å². The van der Waals surface area contributed by atoms with Gasteiger partial charge in [-0.3, -0.25) is 8.97 Å². The molecule has 7 aromatic carbocycles. The van der Waals surface area contributed by atoms with Gasteiger partial charge in [0.15, 0.2) is 0 Å². The molecular formula is C42H25N3. The van der Waals surface area contributed by atoms with Crippen LogP contribution < -0.4 is 0 Å². The Morgan fingerprint density at radius 2 is 1.09 bits per heavy atom. The minimum absolute atomic E-state index is 1.17. The first-order valence-electron chi connectivity index (χ1n) is 15.5. The van der Waals surface area contributed by atoms with Crippen molar-refractivity contribution in [2.24, 2.45) is 0 Å². The van der Waals surface area contributed by atoms with Crippen LogP contribution in [0.5, 0.6) is 0 Å². The number of hydrogen-bond donors (Lipinski definition) is 0. The number of aromatic nitrogens is 3. The fourth-order valence-corrected chi connectivity index (χ4v) is 8.14. The molecular weight excluding hydrogens is 546 g/mol. The average Bonchev–Trinajstić information content (AvgIpc) is 3.70. The lowest BCUT2D eigenvalue weighted by molar-refractivity contribution is 1.16. The van der Waals surface area contributed by atoms with Crippen LogP contribution in [0.4, 0.5) is 0 Å². The highest BCUT2D eigenvalue weighted by atomic mass is 15.1. The molecule has 0 radical (unpaired) electrons. The summed E-state index contributed by atoms with van der Waals surface area (Å²) in [5.41, 5.74) is 14.8. The van der Waals surface area contributed by atoms with Crippen molar-refractivity contribution in [3.8, 4) is 33.6 Å². The van der Waals surface area contributed by atoms with Crippen LogP contribution >= 0.6 is 0 Å². The Kier molecular flexibility index (Phi) is 4.32. The van der Waals surface area contributed by atoms with Crippen LogP contribution in [-0.2, 0) is 0 Å². The van der Waals surface area contributed by atoms with Gasteiger partial charge in [0.2, 0.25) is 0 Å². The maximum absolute atomic E-state index is 2.52. The number of rotatable bonds is 1. The summed E-state index contributed by atoms with van der Waals surface area (Å²) in [6.45, 7) is 0. The molecule has 3 aromatic heterocycles. The van der Waals surface area contributed by atoms with Gasteiger partial charge in [-0.05, 0) is 65.0 Å². The smallest absolute Gasteiger partial charge is 0.131 e. The van der Waals surface area contributed by atoms with Crippen molar-refractivity contribution in [1.29, 1.82) is 0 Å². The second kappa shape index (κ2) is 8.31. The standard InChI is InChI=1S/C42H25N3/c1-2-13-27(14-3-1)43-35-19-9-7-17-30(35)33-24-32-29-16-6-10-20-36(29)44-38-23-22-26-12-4-5-15-28(26)41(38)45-37-21-11-8-18-31(37)40(42(44)45)34(32)25-39(33)43/h1-25H. The van der Waals surface area contributed by atoms with Crippen LogP contribution in [0.15, 0.2) is 152 Å². The molecule has 0 bridgehead atoms.